The molecule has 2 N–H and O–H groups in total. The fourth-order valence-corrected chi connectivity index (χ4v) is 2.25. The molecule has 2 rings (SSSR count). The molecule has 21 heavy (non-hydrogen) atoms. The molecule has 2 aromatic carbocycles. The lowest BCUT2D eigenvalue weighted by atomic mass is 10.1. The second-order valence-corrected chi connectivity index (χ2v) is 5.40. The van der Waals surface area contributed by atoms with Gasteiger partial charge in [-0.1, -0.05) is 40.2 Å². The van der Waals surface area contributed by atoms with Crippen LogP contribution in [0.1, 0.15) is 11.1 Å². The van der Waals surface area contributed by atoms with Gasteiger partial charge >= 0.3 is 5.97 Å². The Morgan fingerprint density at radius 2 is 1.62 bits per heavy atom. The van der Waals surface area contributed by atoms with E-state index in [0.29, 0.717) is 10.0 Å². The number of benzene rings is 2. The van der Waals surface area contributed by atoms with Crippen LogP contribution in [0.5, 0.6) is 0 Å². The Morgan fingerprint density at radius 1 is 1.10 bits per heavy atom. The minimum atomic E-state index is -0.903. The Morgan fingerprint density at radius 3 is 2.14 bits per heavy atom. The second kappa shape index (κ2) is 6.67. The Bertz CT molecular complexity index is 636. The third-order valence-corrected chi connectivity index (χ3v) is 3.31. The van der Waals surface area contributed by atoms with Crippen LogP contribution in [-0.4, -0.2) is 11.1 Å². The maximum absolute atomic E-state index is 13.6. The number of carbonyl (C=O) groups is 1. The van der Waals surface area contributed by atoms with Gasteiger partial charge in [0.25, 0.3) is 0 Å². The molecule has 0 aromatic heterocycles. The molecule has 0 radical (unpaired) electrons. The van der Waals surface area contributed by atoms with E-state index in [1.807, 2.05) is 0 Å². The van der Waals surface area contributed by atoms with Crippen LogP contribution in [0.2, 0.25) is 0 Å². The van der Waals surface area contributed by atoms with E-state index < -0.39 is 17.6 Å². The summed E-state index contributed by atoms with van der Waals surface area (Å²) in [4.78, 5) is 10.6. The maximum Gasteiger partial charge on any atom is 0.307 e. The van der Waals surface area contributed by atoms with Gasteiger partial charge in [-0.3, -0.25) is 4.79 Å². The van der Waals surface area contributed by atoms with Crippen molar-refractivity contribution < 1.29 is 18.7 Å². The van der Waals surface area contributed by atoms with Crippen LogP contribution >= 0.6 is 15.9 Å². The van der Waals surface area contributed by atoms with E-state index in [0.717, 1.165) is 5.56 Å². The molecule has 0 aliphatic rings. The summed E-state index contributed by atoms with van der Waals surface area (Å²) in [7, 11) is 0. The topological polar surface area (TPSA) is 49.3 Å². The first kappa shape index (κ1) is 15.4. The maximum atomic E-state index is 13.6. The van der Waals surface area contributed by atoms with Crippen molar-refractivity contribution in [1.29, 1.82) is 0 Å². The van der Waals surface area contributed by atoms with Crippen LogP contribution in [0.15, 0.2) is 40.9 Å². The van der Waals surface area contributed by atoms with Crippen LogP contribution in [-0.2, 0) is 17.8 Å². The number of hydrogen-bond acceptors (Lipinski definition) is 2. The molecule has 0 saturated heterocycles. The lowest BCUT2D eigenvalue weighted by Gasteiger charge is -2.10. The third-order valence-electron chi connectivity index (χ3n) is 2.85. The smallest absolute Gasteiger partial charge is 0.307 e. The Balaban J connectivity index is 2.05. The third kappa shape index (κ3) is 4.26. The fourth-order valence-electron chi connectivity index (χ4n) is 1.85. The van der Waals surface area contributed by atoms with Gasteiger partial charge in [-0.25, -0.2) is 8.78 Å². The van der Waals surface area contributed by atoms with E-state index in [1.165, 1.54) is 12.1 Å². The van der Waals surface area contributed by atoms with Crippen LogP contribution in [0, 0.1) is 11.6 Å². The highest BCUT2D eigenvalue weighted by Crippen LogP contribution is 2.24. The van der Waals surface area contributed by atoms with E-state index >= 15 is 0 Å². The van der Waals surface area contributed by atoms with Crippen LogP contribution < -0.4 is 5.32 Å². The van der Waals surface area contributed by atoms with Gasteiger partial charge in [0.15, 0.2) is 0 Å². The first-order valence-corrected chi connectivity index (χ1v) is 6.93. The quantitative estimate of drug-likeness (QED) is 0.853. The highest BCUT2D eigenvalue weighted by Gasteiger charge is 2.10. The molecule has 3 nitrogen and oxygen atoms in total. The monoisotopic (exact) mass is 355 g/mol. The van der Waals surface area contributed by atoms with Gasteiger partial charge in [-0.05, 0) is 23.3 Å². The molecule has 0 atom stereocenters. The number of anilines is 1. The molecule has 110 valence electrons. The molecular weight excluding hydrogens is 344 g/mol. The predicted molar refractivity (Wildman–Crippen MR) is 79.2 cm³/mol. The van der Waals surface area contributed by atoms with Crippen LogP contribution in [0.3, 0.4) is 0 Å². The van der Waals surface area contributed by atoms with Crippen molar-refractivity contribution in [1.82, 2.24) is 0 Å². The molecule has 0 heterocycles. The molecule has 0 spiro atoms. The van der Waals surface area contributed by atoms with Crippen molar-refractivity contribution in [2.75, 3.05) is 5.32 Å². The van der Waals surface area contributed by atoms with Gasteiger partial charge in [0, 0.05) is 11.0 Å². The summed E-state index contributed by atoms with van der Waals surface area (Å²) >= 11 is 3.01. The minimum Gasteiger partial charge on any atom is -0.481 e. The zero-order valence-electron chi connectivity index (χ0n) is 10.9. The van der Waals surface area contributed by atoms with Gasteiger partial charge < -0.3 is 10.4 Å². The van der Waals surface area contributed by atoms with Crippen molar-refractivity contribution in [3.8, 4) is 0 Å². The van der Waals surface area contributed by atoms with E-state index in [-0.39, 0.29) is 18.7 Å². The van der Waals surface area contributed by atoms with Crippen molar-refractivity contribution >= 4 is 27.6 Å². The molecule has 0 aliphatic heterocycles. The number of nitrogens with one attached hydrogen (secondary N) is 1. The largest absolute Gasteiger partial charge is 0.481 e. The van der Waals surface area contributed by atoms with Gasteiger partial charge in [0.2, 0.25) is 0 Å². The zero-order valence-corrected chi connectivity index (χ0v) is 12.5. The summed E-state index contributed by atoms with van der Waals surface area (Å²) in [5.41, 5.74) is 1.28. The van der Waals surface area contributed by atoms with Crippen molar-refractivity contribution in [3.63, 3.8) is 0 Å². The molecule has 0 aliphatic carbocycles. The average Bonchev–Trinajstić information content (AvgIpc) is 2.38. The van der Waals surface area contributed by atoms with Crippen LogP contribution in [0.25, 0.3) is 0 Å². The summed E-state index contributed by atoms with van der Waals surface area (Å²) < 4.78 is 27.6. The molecule has 0 amide bonds. The van der Waals surface area contributed by atoms with E-state index in [1.54, 1.807) is 24.3 Å². The molecule has 6 heteroatoms. The molecule has 0 unspecified atom stereocenters. The number of halogens is 3. The molecule has 0 fully saturated rings. The Kier molecular flexibility index (Phi) is 4.90. The standard InChI is InChI=1S/C15H12BrF2NO2/c16-11-6-12(17)15(13(18)7-11)19-8-10-3-1-9(2-4-10)5-14(20)21/h1-4,6-7,19H,5,8H2,(H,20,21). The molecule has 0 saturated carbocycles. The number of carboxylic acid groups (broad SMARTS) is 1. The van der Waals surface area contributed by atoms with E-state index in [4.69, 9.17) is 5.11 Å². The molecular formula is C15H12BrF2NO2. The minimum absolute atomic E-state index is 0.0519. The zero-order chi connectivity index (χ0) is 15.4. The summed E-state index contributed by atoms with van der Waals surface area (Å²) in [6, 6.07) is 9.17. The highest BCUT2D eigenvalue weighted by molar-refractivity contribution is 9.10. The first-order valence-electron chi connectivity index (χ1n) is 6.13. The summed E-state index contributed by atoms with van der Waals surface area (Å²) in [5, 5.41) is 11.4. The van der Waals surface area contributed by atoms with Gasteiger partial charge in [0.05, 0.1) is 6.42 Å². The Labute approximate surface area is 128 Å². The van der Waals surface area contributed by atoms with Gasteiger partial charge in [0.1, 0.15) is 17.3 Å². The van der Waals surface area contributed by atoms with Gasteiger partial charge in [-0.15, -0.1) is 0 Å². The summed E-state index contributed by atoms with van der Waals surface area (Å²) in [6.45, 7) is 0.239. The second-order valence-electron chi connectivity index (χ2n) is 4.49. The fraction of sp³-hybridized carbons (Fsp3) is 0.133. The average molecular weight is 356 g/mol. The SMILES string of the molecule is O=C(O)Cc1ccc(CNc2c(F)cc(Br)cc2F)cc1. The first-order chi connectivity index (χ1) is 9.95. The number of hydrogen-bond donors (Lipinski definition) is 2. The summed E-state index contributed by atoms with van der Waals surface area (Å²) in [6.07, 6.45) is -0.0519. The lowest BCUT2D eigenvalue weighted by molar-refractivity contribution is -0.136. The van der Waals surface area contributed by atoms with Crippen LogP contribution in [0.4, 0.5) is 14.5 Å². The summed E-state index contributed by atoms with van der Waals surface area (Å²) in [5.74, 6) is -2.26. The number of aliphatic carboxylic acids is 1. The normalized spacial score (nSPS) is 10.4. The Hall–Kier alpha value is -1.95. The number of rotatable bonds is 5. The highest BCUT2D eigenvalue weighted by atomic mass is 79.9. The molecule has 0 bridgehead atoms. The van der Waals surface area contributed by atoms with Gasteiger partial charge in [-0.2, -0.15) is 0 Å². The van der Waals surface area contributed by atoms with E-state index in [2.05, 4.69) is 21.2 Å². The van der Waals surface area contributed by atoms with Crippen molar-refractivity contribution in [3.05, 3.63) is 63.6 Å². The number of carboxylic acids is 1. The lowest BCUT2D eigenvalue weighted by Crippen LogP contribution is -2.05. The van der Waals surface area contributed by atoms with E-state index in [9.17, 15) is 13.6 Å². The molecule has 2 aromatic rings. The van der Waals surface area contributed by atoms with Crippen molar-refractivity contribution in [2.45, 2.75) is 13.0 Å². The van der Waals surface area contributed by atoms with Crippen molar-refractivity contribution in [2.24, 2.45) is 0 Å². The predicted octanol–water partition coefficient (Wildman–Crippen LogP) is 3.97.